The Labute approximate surface area is 44.5 Å². The van der Waals surface area contributed by atoms with Crippen LogP contribution in [0, 0.1) is 0 Å². The van der Waals surface area contributed by atoms with E-state index in [1.165, 1.54) is 21.9 Å². The maximum atomic E-state index is 4.34. The van der Waals surface area contributed by atoms with Crippen molar-refractivity contribution in [3.63, 3.8) is 0 Å². The quantitative estimate of drug-likeness (QED) is 0.473. The van der Waals surface area contributed by atoms with Gasteiger partial charge in [0.15, 0.2) is 0 Å². The molecule has 2 nitrogen and oxygen atoms in total. The molecule has 0 aliphatic heterocycles. The minimum atomic E-state index is 0. The van der Waals surface area contributed by atoms with Gasteiger partial charge in [-0.1, -0.05) is 0 Å². The van der Waals surface area contributed by atoms with Gasteiger partial charge >= 0.3 is 7.69 Å². The molecule has 0 atom stereocenters. The lowest BCUT2D eigenvalue weighted by molar-refractivity contribution is 0.309. The number of hydrogen-bond acceptors (Lipinski definition) is 2. The van der Waals surface area contributed by atoms with Crippen LogP contribution in [0.1, 0.15) is 0 Å². The maximum Gasteiger partial charge on any atom is 0.487 e. The minimum Gasteiger partial charge on any atom is -0.416 e. The van der Waals surface area contributed by atoms with E-state index < -0.39 is 0 Å². The van der Waals surface area contributed by atoms with Crippen LogP contribution in [-0.2, 0) is 9.31 Å². The molecule has 0 amide bonds. The summed E-state index contributed by atoms with van der Waals surface area (Å²) in [5, 5.41) is 0. The Balaban J connectivity index is 0. The third-order valence-corrected chi connectivity index (χ3v) is 0.192. The third kappa shape index (κ3) is 8.86. The second-order valence-electron chi connectivity index (χ2n) is 0.568. The van der Waals surface area contributed by atoms with Crippen LogP contribution in [0.2, 0.25) is 0 Å². The molecule has 0 aliphatic rings. The van der Waals surface area contributed by atoms with Crippen LogP contribution >= 0.6 is 12.4 Å². The molecule has 0 aromatic carbocycles. The molecule has 0 saturated carbocycles. The zero-order valence-corrected chi connectivity index (χ0v) is 4.62. The molecule has 0 fully saturated rings. The molecule has 0 saturated heterocycles. The molecule has 0 rings (SSSR count). The Morgan fingerprint density at radius 3 is 1.50 bits per heavy atom. The predicted molar refractivity (Wildman–Crippen MR) is 27.0 cm³/mol. The Morgan fingerprint density at radius 2 is 1.50 bits per heavy atom. The summed E-state index contributed by atoms with van der Waals surface area (Å²) in [4.78, 5) is 0. The van der Waals surface area contributed by atoms with Crippen LogP contribution < -0.4 is 0 Å². The topological polar surface area (TPSA) is 18.5 Å². The first-order valence-electron chi connectivity index (χ1n) is 1.29. The van der Waals surface area contributed by atoms with Gasteiger partial charge in [0.1, 0.15) is 0 Å². The van der Waals surface area contributed by atoms with Gasteiger partial charge in [-0.2, -0.15) is 0 Å². The molecule has 0 spiro atoms. The van der Waals surface area contributed by atoms with Crippen molar-refractivity contribution in [2.75, 3.05) is 14.2 Å². The van der Waals surface area contributed by atoms with E-state index in [9.17, 15) is 0 Å². The van der Waals surface area contributed by atoms with Crippen molar-refractivity contribution in [1.82, 2.24) is 0 Å². The SMILES string of the molecule is CO[B]OC.Cl. The smallest absolute Gasteiger partial charge is 0.416 e. The van der Waals surface area contributed by atoms with Gasteiger partial charge < -0.3 is 9.31 Å². The summed E-state index contributed by atoms with van der Waals surface area (Å²) >= 11 is 0. The molecule has 1 radical (unpaired) electrons. The molecule has 6 heavy (non-hydrogen) atoms. The van der Waals surface area contributed by atoms with Crippen LogP contribution in [0.15, 0.2) is 0 Å². The van der Waals surface area contributed by atoms with Crippen LogP contribution in [0.25, 0.3) is 0 Å². The second kappa shape index (κ2) is 8.99. The number of hydrogen-bond donors (Lipinski definition) is 0. The number of halogens is 1. The second-order valence-corrected chi connectivity index (χ2v) is 0.568. The van der Waals surface area contributed by atoms with Crippen LogP contribution in [0.3, 0.4) is 0 Å². The summed E-state index contributed by atoms with van der Waals surface area (Å²) in [5.74, 6) is 0. The molecular weight excluding hydrogens is 102 g/mol. The van der Waals surface area contributed by atoms with E-state index in [0.29, 0.717) is 0 Å². The van der Waals surface area contributed by atoms with Gasteiger partial charge in [0.25, 0.3) is 0 Å². The van der Waals surface area contributed by atoms with Gasteiger partial charge in [-0.3, -0.25) is 0 Å². The van der Waals surface area contributed by atoms with Gasteiger partial charge in [-0.15, -0.1) is 12.4 Å². The molecule has 0 aromatic rings. The van der Waals surface area contributed by atoms with Crippen molar-refractivity contribution in [2.24, 2.45) is 0 Å². The Hall–Kier alpha value is 0.275. The van der Waals surface area contributed by atoms with Crippen molar-refractivity contribution in [3.05, 3.63) is 0 Å². The van der Waals surface area contributed by atoms with Crippen molar-refractivity contribution in [3.8, 4) is 0 Å². The van der Waals surface area contributed by atoms with Crippen molar-refractivity contribution in [1.29, 1.82) is 0 Å². The lowest BCUT2D eigenvalue weighted by Crippen LogP contribution is -1.93. The summed E-state index contributed by atoms with van der Waals surface area (Å²) < 4.78 is 8.69. The zero-order valence-electron chi connectivity index (χ0n) is 3.80. The van der Waals surface area contributed by atoms with Crippen LogP contribution in [0.5, 0.6) is 0 Å². The van der Waals surface area contributed by atoms with Crippen molar-refractivity contribution in [2.45, 2.75) is 0 Å². The zero-order chi connectivity index (χ0) is 4.12. The first kappa shape index (κ1) is 9.55. The molecule has 0 unspecified atom stereocenters. The van der Waals surface area contributed by atoms with Gasteiger partial charge in [0, 0.05) is 14.2 Å². The normalized spacial score (nSPS) is 6.33. The minimum absolute atomic E-state index is 0. The van der Waals surface area contributed by atoms with Crippen molar-refractivity contribution < 1.29 is 9.31 Å². The van der Waals surface area contributed by atoms with Crippen LogP contribution in [-0.4, -0.2) is 21.9 Å². The molecule has 0 heterocycles. The standard InChI is InChI=1S/C2H6BO2.ClH/c1-4-3-5-2;/h1-2H3;1H. The monoisotopic (exact) mass is 109 g/mol. The fraction of sp³-hybridized carbons (Fsp3) is 1.00. The highest BCUT2D eigenvalue weighted by Gasteiger charge is 1.75. The van der Waals surface area contributed by atoms with Crippen LogP contribution in [0.4, 0.5) is 0 Å². The first-order chi connectivity index (χ1) is 2.41. The predicted octanol–water partition coefficient (Wildman–Crippen LogP) is 0.235. The van der Waals surface area contributed by atoms with Gasteiger partial charge in [-0.25, -0.2) is 0 Å². The fourth-order valence-corrected chi connectivity index (χ4v) is 0.0962. The number of rotatable bonds is 2. The molecule has 4 heteroatoms. The van der Waals surface area contributed by atoms with E-state index in [1.54, 1.807) is 0 Å². The van der Waals surface area contributed by atoms with Gasteiger partial charge in [0.2, 0.25) is 0 Å². The highest BCUT2D eigenvalue weighted by atomic mass is 35.5. The third-order valence-electron chi connectivity index (χ3n) is 0.192. The molecule has 0 aromatic heterocycles. The lowest BCUT2D eigenvalue weighted by Gasteiger charge is -1.82. The average molecular weight is 109 g/mol. The first-order valence-corrected chi connectivity index (χ1v) is 1.29. The Kier molecular flexibility index (Phi) is 14.3. The summed E-state index contributed by atoms with van der Waals surface area (Å²) in [6, 6.07) is 0. The molecule has 0 aliphatic carbocycles. The summed E-state index contributed by atoms with van der Waals surface area (Å²) in [6.07, 6.45) is 0. The molecule has 0 N–H and O–H groups in total. The molecular formula is C2H7BClO2. The lowest BCUT2D eigenvalue weighted by atomic mass is 10.4. The van der Waals surface area contributed by atoms with E-state index in [2.05, 4.69) is 9.31 Å². The van der Waals surface area contributed by atoms with Crippen molar-refractivity contribution >= 4 is 20.1 Å². The summed E-state index contributed by atoms with van der Waals surface area (Å²) in [7, 11) is 4.31. The van der Waals surface area contributed by atoms with E-state index in [0.717, 1.165) is 0 Å². The molecule has 0 bridgehead atoms. The average Bonchev–Trinajstić information content (AvgIpc) is 1.41. The van der Waals surface area contributed by atoms with E-state index >= 15 is 0 Å². The van der Waals surface area contributed by atoms with E-state index in [-0.39, 0.29) is 12.4 Å². The van der Waals surface area contributed by atoms with E-state index in [4.69, 9.17) is 0 Å². The highest BCUT2D eigenvalue weighted by Crippen LogP contribution is 1.55. The summed E-state index contributed by atoms with van der Waals surface area (Å²) in [5.41, 5.74) is 0. The van der Waals surface area contributed by atoms with Gasteiger partial charge in [-0.05, 0) is 0 Å². The fourth-order valence-electron chi connectivity index (χ4n) is 0.0962. The Bertz CT molecular complexity index is 19.0. The highest BCUT2D eigenvalue weighted by molar-refractivity contribution is 6.17. The largest absolute Gasteiger partial charge is 0.487 e. The maximum absolute atomic E-state index is 4.34. The summed E-state index contributed by atoms with van der Waals surface area (Å²) in [6.45, 7) is 0. The van der Waals surface area contributed by atoms with Gasteiger partial charge in [0.05, 0.1) is 0 Å². The van der Waals surface area contributed by atoms with E-state index in [1.807, 2.05) is 0 Å². The Morgan fingerprint density at radius 1 is 1.17 bits per heavy atom. The molecule has 37 valence electrons.